The molecule has 0 spiro atoms. The van der Waals surface area contributed by atoms with E-state index in [1.54, 1.807) is 0 Å². The first-order valence-corrected chi connectivity index (χ1v) is 6.18. The van der Waals surface area contributed by atoms with Crippen LogP contribution in [0.3, 0.4) is 0 Å². The van der Waals surface area contributed by atoms with E-state index in [2.05, 4.69) is 18.7 Å². The molecule has 2 heteroatoms. The summed E-state index contributed by atoms with van der Waals surface area (Å²) in [6, 6.07) is 0. The Balaban J connectivity index is 2.17. The van der Waals surface area contributed by atoms with Crippen LogP contribution >= 0.6 is 0 Å². The van der Waals surface area contributed by atoms with E-state index in [4.69, 9.17) is 0 Å². The van der Waals surface area contributed by atoms with Crippen LogP contribution in [-0.4, -0.2) is 35.7 Å². The maximum atomic E-state index is 9.69. The topological polar surface area (TPSA) is 23.5 Å². The number of aliphatic hydroxyl groups excluding tert-OH is 1. The first kappa shape index (κ1) is 12.0. The average Bonchev–Trinajstić information content (AvgIpc) is 2.59. The summed E-state index contributed by atoms with van der Waals surface area (Å²) in [5, 5.41) is 9.69. The maximum absolute atomic E-state index is 9.69. The Morgan fingerprint density at radius 3 is 2.50 bits per heavy atom. The summed E-state index contributed by atoms with van der Waals surface area (Å²) >= 11 is 0. The van der Waals surface area contributed by atoms with Gasteiger partial charge in [-0.3, -0.25) is 0 Å². The normalized spacial score (nSPS) is 27.4. The molecule has 0 aromatic carbocycles. The summed E-state index contributed by atoms with van der Waals surface area (Å²) < 4.78 is 0. The fourth-order valence-electron chi connectivity index (χ4n) is 2.45. The van der Waals surface area contributed by atoms with Crippen molar-refractivity contribution in [3.63, 3.8) is 0 Å². The summed E-state index contributed by atoms with van der Waals surface area (Å²) in [6.45, 7) is 7.98. The largest absolute Gasteiger partial charge is 0.393 e. The molecule has 1 aliphatic carbocycles. The Morgan fingerprint density at radius 2 is 2.00 bits per heavy atom. The molecular formula is C12H25NO. The third kappa shape index (κ3) is 3.58. The molecule has 0 saturated heterocycles. The minimum absolute atomic E-state index is 0.00432. The van der Waals surface area contributed by atoms with Crippen LogP contribution in [0.25, 0.3) is 0 Å². The van der Waals surface area contributed by atoms with Crippen molar-refractivity contribution in [1.29, 1.82) is 0 Å². The first-order valence-electron chi connectivity index (χ1n) is 6.18. The highest BCUT2D eigenvalue weighted by molar-refractivity contribution is 4.77. The van der Waals surface area contributed by atoms with Gasteiger partial charge in [-0.15, -0.1) is 0 Å². The molecule has 0 aromatic rings. The molecule has 1 rings (SSSR count). The summed E-state index contributed by atoms with van der Waals surface area (Å²) in [5.74, 6) is 0.584. The smallest absolute Gasteiger partial charge is 0.0568 e. The number of aliphatic hydroxyl groups is 1. The van der Waals surface area contributed by atoms with Gasteiger partial charge in [-0.1, -0.05) is 20.3 Å². The summed E-state index contributed by atoms with van der Waals surface area (Å²) in [6.07, 6.45) is 5.92. The monoisotopic (exact) mass is 199 g/mol. The lowest BCUT2D eigenvalue weighted by atomic mass is 10.0. The molecule has 1 aliphatic rings. The van der Waals surface area contributed by atoms with E-state index in [0.29, 0.717) is 5.92 Å². The second-order valence-electron chi connectivity index (χ2n) is 4.48. The first-order chi connectivity index (χ1) is 6.77. The summed E-state index contributed by atoms with van der Waals surface area (Å²) in [7, 11) is 0. The molecule has 0 heterocycles. The van der Waals surface area contributed by atoms with Crippen molar-refractivity contribution in [2.75, 3.05) is 19.6 Å². The molecule has 1 fully saturated rings. The van der Waals surface area contributed by atoms with Gasteiger partial charge >= 0.3 is 0 Å². The highest BCUT2D eigenvalue weighted by atomic mass is 16.3. The van der Waals surface area contributed by atoms with E-state index in [1.165, 1.54) is 38.8 Å². The minimum atomic E-state index is -0.00432. The van der Waals surface area contributed by atoms with Gasteiger partial charge < -0.3 is 10.0 Å². The van der Waals surface area contributed by atoms with Crippen LogP contribution in [0, 0.1) is 5.92 Å². The van der Waals surface area contributed by atoms with Crippen LogP contribution in [-0.2, 0) is 0 Å². The van der Waals surface area contributed by atoms with Crippen LogP contribution < -0.4 is 0 Å². The lowest BCUT2D eigenvalue weighted by molar-refractivity contribution is 0.118. The molecule has 1 N–H and O–H groups in total. The van der Waals surface area contributed by atoms with Crippen molar-refractivity contribution in [1.82, 2.24) is 4.90 Å². The van der Waals surface area contributed by atoms with E-state index >= 15 is 0 Å². The fourth-order valence-corrected chi connectivity index (χ4v) is 2.45. The van der Waals surface area contributed by atoms with Crippen molar-refractivity contribution >= 4 is 0 Å². The van der Waals surface area contributed by atoms with Gasteiger partial charge in [-0.25, -0.2) is 0 Å². The van der Waals surface area contributed by atoms with Crippen molar-refractivity contribution < 1.29 is 5.11 Å². The van der Waals surface area contributed by atoms with Crippen molar-refractivity contribution in [3.8, 4) is 0 Å². The highest BCUT2D eigenvalue weighted by Gasteiger charge is 2.24. The summed E-state index contributed by atoms with van der Waals surface area (Å²) in [4.78, 5) is 2.49. The quantitative estimate of drug-likeness (QED) is 0.709. The van der Waals surface area contributed by atoms with Crippen molar-refractivity contribution in [2.24, 2.45) is 5.92 Å². The third-order valence-corrected chi connectivity index (χ3v) is 3.42. The van der Waals surface area contributed by atoms with Crippen LogP contribution in [0.1, 0.15) is 46.0 Å². The van der Waals surface area contributed by atoms with Gasteiger partial charge in [-0.05, 0) is 51.2 Å². The molecule has 2 nitrogen and oxygen atoms in total. The van der Waals surface area contributed by atoms with E-state index in [0.717, 1.165) is 13.0 Å². The number of nitrogens with zero attached hydrogens (tertiary/aromatic N) is 1. The number of hydrogen-bond acceptors (Lipinski definition) is 2. The van der Waals surface area contributed by atoms with Gasteiger partial charge in [0.2, 0.25) is 0 Å². The van der Waals surface area contributed by atoms with E-state index < -0.39 is 0 Å². The second-order valence-corrected chi connectivity index (χ2v) is 4.48. The molecule has 2 unspecified atom stereocenters. The Morgan fingerprint density at radius 1 is 1.21 bits per heavy atom. The molecule has 0 amide bonds. The second kappa shape index (κ2) is 6.41. The lowest BCUT2D eigenvalue weighted by Crippen LogP contribution is -2.28. The summed E-state index contributed by atoms with van der Waals surface area (Å²) in [5.41, 5.74) is 0. The number of rotatable bonds is 6. The van der Waals surface area contributed by atoms with Gasteiger partial charge in [0.25, 0.3) is 0 Å². The van der Waals surface area contributed by atoms with Gasteiger partial charge in [-0.2, -0.15) is 0 Å². The van der Waals surface area contributed by atoms with Gasteiger partial charge in [0.1, 0.15) is 0 Å². The van der Waals surface area contributed by atoms with E-state index in [1.807, 2.05) is 0 Å². The molecule has 14 heavy (non-hydrogen) atoms. The van der Waals surface area contributed by atoms with E-state index in [-0.39, 0.29) is 6.10 Å². The zero-order chi connectivity index (χ0) is 10.4. The number of hydrogen-bond donors (Lipinski definition) is 1. The Hall–Kier alpha value is -0.0800. The van der Waals surface area contributed by atoms with Gasteiger partial charge in [0, 0.05) is 0 Å². The standard InChI is InChI=1S/C12H25NO/c1-3-9-13(4-2)10-8-11-6-5-7-12(11)14/h11-12,14H,3-10H2,1-2H3. The Bertz CT molecular complexity index is 149. The van der Waals surface area contributed by atoms with Crippen molar-refractivity contribution in [2.45, 2.75) is 52.1 Å². The predicted octanol–water partition coefficient (Wildman–Crippen LogP) is 2.27. The highest BCUT2D eigenvalue weighted by Crippen LogP contribution is 2.28. The average molecular weight is 199 g/mol. The van der Waals surface area contributed by atoms with Crippen LogP contribution in [0.5, 0.6) is 0 Å². The molecule has 1 saturated carbocycles. The molecule has 0 bridgehead atoms. The Labute approximate surface area is 88.3 Å². The molecule has 0 aromatic heterocycles. The maximum Gasteiger partial charge on any atom is 0.0568 e. The molecule has 0 aliphatic heterocycles. The zero-order valence-electron chi connectivity index (χ0n) is 9.71. The van der Waals surface area contributed by atoms with Crippen LogP contribution in [0.15, 0.2) is 0 Å². The van der Waals surface area contributed by atoms with Crippen LogP contribution in [0.4, 0.5) is 0 Å². The minimum Gasteiger partial charge on any atom is -0.393 e. The third-order valence-electron chi connectivity index (χ3n) is 3.42. The SMILES string of the molecule is CCCN(CC)CCC1CCCC1O. The molecule has 84 valence electrons. The fraction of sp³-hybridized carbons (Fsp3) is 1.00. The zero-order valence-corrected chi connectivity index (χ0v) is 9.71. The van der Waals surface area contributed by atoms with Crippen molar-refractivity contribution in [3.05, 3.63) is 0 Å². The lowest BCUT2D eigenvalue weighted by Gasteiger charge is -2.22. The van der Waals surface area contributed by atoms with Gasteiger partial charge in [0.05, 0.1) is 6.10 Å². The molecular weight excluding hydrogens is 174 g/mol. The van der Waals surface area contributed by atoms with E-state index in [9.17, 15) is 5.11 Å². The van der Waals surface area contributed by atoms with Crippen LogP contribution in [0.2, 0.25) is 0 Å². The molecule has 0 radical (unpaired) electrons. The molecule has 2 atom stereocenters. The Kier molecular flexibility index (Phi) is 5.49. The predicted molar refractivity (Wildman–Crippen MR) is 60.4 cm³/mol. The van der Waals surface area contributed by atoms with Gasteiger partial charge in [0.15, 0.2) is 0 Å².